The van der Waals surface area contributed by atoms with E-state index in [1.165, 1.54) is 0 Å². The zero-order chi connectivity index (χ0) is 19.7. The number of carbonyl (C=O) groups is 2. The fraction of sp³-hybridized carbons (Fsp3) is 0.500. The Hall–Kier alpha value is -2.43. The highest BCUT2D eigenvalue weighted by molar-refractivity contribution is 6.04. The Morgan fingerprint density at radius 1 is 1.07 bits per heavy atom. The predicted molar refractivity (Wildman–Crippen MR) is 106 cm³/mol. The summed E-state index contributed by atoms with van der Waals surface area (Å²) < 4.78 is 5.58. The van der Waals surface area contributed by atoms with E-state index in [-0.39, 0.29) is 18.0 Å². The van der Waals surface area contributed by atoms with Gasteiger partial charge < -0.3 is 9.64 Å². The molecule has 1 aliphatic rings. The fourth-order valence-corrected chi connectivity index (χ4v) is 3.54. The molecule has 1 fully saturated rings. The molecule has 5 heteroatoms. The summed E-state index contributed by atoms with van der Waals surface area (Å²) >= 11 is 0. The van der Waals surface area contributed by atoms with Crippen LogP contribution in [-0.2, 0) is 9.53 Å². The van der Waals surface area contributed by atoms with Gasteiger partial charge in [0.25, 0.3) is 5.91 Å². The van der Waals surface area contributed by atoms with Crippen molar-refractivity contribution in [1.82, 2.24) is 9.88 Å². The summed E-state index contributed by atoms with van der Waals surface area (Å²) in [6, 6.07) is 9.50. The zero-order valence-corrected chi connectivity index (χ0v) is 16.7. The lowest BCUT2D eigenvalue weighted by molar-refractivity contribution is -0.143. The van der Waals surface area contributed by atoms with Crippen LogP contribution in [0.15, 0.2) is 30.3 Å². The first-order valence-electron chi connectivity index (χ1n) is 9.72. The maximum atomic E-state index is 12.9. The number of hydrogen-bond acceptors (Lipinski definition) is 4. The van der Waals surface area contributed by atoms with Crippen molar-refractivity contribution < 1.29 is 14.3 Å². The molecule has 0 unspecified atom stereocenters. The van der Waals surface area contributed by atoms with Crippen LogP contribution in [0.1, 0.15) is 69.4 Å². The minimum absolute atomic E-state index is 0.0434. The van der Waals surface area contributed by atoms with E-state index in [1.54, 1.807) is 11.8 Å². The van der Waals surface area contributed by atoms with Gasteiger partial charge in [0.15, 0.2) is 6.10 Å². The van der Waals surface area contributed by atoms with Gasteiger partial charge in [-0.1, -0.05) is 18.2 Å². The second-order valence-electron chi connectivity index (χ2n) is 7.87. The number of fused-ring (bicyclic) bond motifs is 1. The van der Waals surface area contributed by atoms with E-state index < -0.39 is 12.1 Å². The van der Waals surface area contributed by atoms with Crippen LogP contribution < -0.4 is 0 Å². The number of rotatable bonds is 6. The zero-order valence-electron chi connectivity index (χ0n) is 16.7. The van der Waals surface area contributed by atoms with Crippen molar-refractivity contribution in [3.63, 3.8) is 0 Å². The number of hydrogen-bond donors (Lipinski definition) is 0. The van der Waals surface area contributed by atoms with Gasteiger partial charge in [0, 0.05) is 29.1 Å². The van der Waals surface area contributed by atoms with Crippen LogP contribution in [0.4, 0.5) is 0 Å². The summed E-state index contributed by atoms with van der Waals surface area (Å²) in [4.78, 5) is 32.1. The highest BCUT2D eigenvalue weighted by atomic mass is 16.5. The number of amides is 1. The van der Waals surface area contributed by atoms with Crippen molar-refractivity contribution in [2.45, 2.75) is 71.6 Å². The van der Waals surface area contributed by atoms with Crippen LogP contribution in [0.5, 0.6) is 0 Å². The molecule has 0 N–H and O–H groups in total. The van der Waals surface area contributed by atoms with E-state index in [9.17, 15) is 9.59 Å². The standard InChI is InChI=1S/C22H28N2O3/c1-13(2)24(14(3)4)21(25)15(5)27-22(26)18-12-20(16-10-11-16)23-19-9-7-6-8-17(18)19/h6-9,12-16H,10-11H2,1-5H3/t15-/m0/s1. The molecular weight excluding hydrogens is 340 g/mol. The monoisotopic (exact) mass is 368 g/mol. The Morgan fingerprint density at radius 3 is 2.30 bits per heavy atom. The van der Waals surface area contributed by atoms with Crippen LogP contribution in [-0.4, -0.2) is 39.9 Å². The average molecular weight is 368 g/mol. The first-order chi connectivity index (χ1) is 12.8. The van der Waals surface area contributed by atoms with Crippen molar-refractivity contribution in [1.29, 1.82) is 0 Å². The molecule has 27 heavy (non-hydrogen) atoms. The molecule has 0 bridgehead atoms. The molecule has 144 valence electrons. The number of para-hydroxylation sites is 1. The summed E-state index contributed by atoms with van der Waals surface area (Å²) in [5.41, 5.74) is 2.22. The van der Waals surface area contributed by atoms with Gasteiger partial charge in [0.05, 0.1) is 11.1 Å². The van der Waals surface area contributed by atoms with Gasteiger partial charge in [0.1, 0.15) is 0 Å². The van der Waals surface area contributed by atoms with E-state index in [2.05, 4.69) is 4.98 Å². The maximum absolute atomic E-state index is 12.9. The number of ether oxygens (including phenoxy) is 1. The minimum Gasteiger partial charge on any atom is -0.449 e. The average Bonchev–Trinajstić information content (AvgIpc) is 3.45. The number of carbonyl (C=O) groups excluding carboxylic acids is 2. The molecule has 0 saturated heterocycles. The molecule has 2 aromatic rings. The van der Waals surface area contributed by atoms with E-state index in [1.807, 2.05) is 58.0 Å². The molecule has 0 spiro atoms. The number of nitrogens with zero attached hydrogens (tertiary/aromatic N) is 2. The molecule has 0 radical (unpaired) electrons. The number of benzene rings is 1. The summed E-state index contributed by atoms with van der Waals surface area (Å²) in [5, 5.41) is 0.760. The van der Waals surface area contributed by atoms with Gasteiger partial charge in [0.2, 0.25) is 0 Å². The van der Waals surface area contributed by atoms with E-state index in [4.69, 9.17) is 4.74 Å². The molecule has 3 rings (SSSR count). The van der Waals surface area contributed by atoms with Gasteiger partial charge in [-0.25, -0.2) is 4.79 Å². The lowest BCUT2D eigenvalue weighted by atomic mass is 10.1. The van der Waals surface area contributed by atoms with Crippen LogP contribution in [0.3, 0.4) is 0 Å². The van der Waals surface area contributed by atoms with Crippen molar-refractivity contribution in [3.05, 3.63) is 41.6 Å². The SMILES string of the molecule is CC(C)N(C(=O)[C@H](C)OC(=O)c1cc(C2CC2)nc2ccccc12)C(C)C. The number of aromatic nitrogens is 1. The normalized spacial score (nSPS) is 15.2. The van der Waals surface area contributed by atoms with Gasteiger partial charge in [-0.05, 0) is 59.6 Å². The Kier molecular flexibility index (Phi) is 5.49. The highest BCUT2D eigenvalue weighted by Gasteiger charge is 2.30. The molecule has 1 saturated carbocycles. The van der Waals surface area contributed by atoms with Crippen LogP contribution in [0.25, 0.3) is 10.9 Å². The summed E-state index contributed by atoms with van der Waals surface area (Å²) in [6.07, 6.45) is 1.37. The molecule has 0 aliphatic heterocycles. The summed E-state index contributed by atoms with van der Waals surface area (Å²) in [7, 11) is 0. The molecule has 1 heterocycles. The molecule has 1 amide bonds. The van der Waals surface area contributed by atoms with Crippen molar-refractivity contribution in [2.24, 2.45) is 0 Å². The predicted octanol–water partition coefficient (Wildman–Crippen LogP) is 4.30. The number of pyridine rings is 1. The van der Waals surface area contributed by atoms with Crippen LogP contribution in [0, 0.1) is 0 Å². The van der Waals surface area contributed by atoms with E-state index in [0.29, 0.717) is 11.5 Å². The Morgan fingerprint density at radius 2 is 1.70 bits per heavy atom. The molecule has 1 atom stereocenters. The maximum Gasteiger partial charge on any atom is 0.339 e. The fourth-order valence-electron chi connectivity index (χ4n) is 3.54. The molecule has 1 aromatic carbocycles. The highest BCUT2D eigenvalue weighted by Crippen LogP contribution is 2.40. The second-order valence-corrected chi connectivity index (χ2v) is 7.87. The van der Waals surface area contributed by atoms with Crippen molar-refractivity contribution in [3.8, 4) is 0 Å². The van der Waals surface area contributed by atoms with Gasteiger partial charge >= 0.3 is 5.97 Å². The van der Waals surface area contributed by atoms with Gasteiger partial charge in [-0.15, -0.1) is 0 Å². The molecule has 1 aliphatic carbocycles. The topological polar surface area (TPSA) is 59.5 Å². The van der Waals surface area contributed by atoms with Gasteiger partial charge in [-0.2, -0.15) is 0 Å². The van der Waals surface area contributed by atoms with E-state index >= 15 is 0 Å². The van der Waals surface area contributed by atoms with Crippen molar-refractivity contribution >= 4 is 22.8 Å². The largest absolute Gasteiger partial charge is 0.449 e. The lowest BCUT2D eigenvalue weighted by Crippen LogP contribution is -2.47. The summed E-state index contributed by atoms with van der Waals surface area (Å²) in [5.74, 6) is -0.212. The Bertz CT molecular complexity index is 848. The first kappa shape index (κ1) is 19.3. The third-order valence-corrected chi connectivity index (χ3v) is 4.95. The molecule has 5 nitrogen and oxygen atoms in total. The third-order valence-electron chi connectivity index (χ3n) is 4.95. The van der Waals surface area contributed by atoms with Crippen LogP contribution in [0.2, 0.25) is 0 Å². The Balaban J connectivity index is 1.86. The number of esters is 1. The van der Waals surface area contributed by atoms with Gasteiger partial charge in [-0.3, -0.25) is 9.78 Å². The van der Waals surface area contributed by atoms with E-state index in [0.717, 1.165) is 29.4 Å². The van der Waals surface area contributed by atoms with Crippen molar-refractivity contribution in [2.75, 3.05) is 0 Å². The third kappa shape index (κ3) is 4.12. The quantitative estimate of drug-likeness (QED) is 0.713. The summed E-state index contributed by atoms with van der Waals surface area (Å²) in [6.45, 7) is 9.49. The Labute approximate surface area is 160 Å². The van der Waals surface area contributed by atoms with Crippen LogP contribution >= 0.6 is 0 Å². The lowest BCUT2D eigenvalue weighted by Gasteiger charge is -2.32. The first-order valence-corrected chi connectivity index (χ1v) is 9.72. The second kappa shape index (κ2) is 7.67. The molecule has 1 aromatic heterocycles. The minimum atomic E-state index is -0.835. The molecular formula is C22H28N2O3. The smallest absolute Gasteiger partial charge is 0.339 e.